The van der Waals surface area contributed by atoms with E-state index in [9.17, 15) is 0 Å². The zero-order valence-corrected chi connectivity index (χ0v) is 12.6. The molecule has 1 heterocycles. The van der Waals surface area contributed by atoms with Gasteiger partial charge in [0.25, 0.3) is 0 Å². The summed E-state index contributed by atoms with van der Waals surface area (Å²) in [5, 5.41) is 4.47. The monoisotopic (exact) mass is 288 g/mol. The van der Waals surface area contributed by atoms with E-state index in [1.165, 1.54) is 11.1 Å². The molecule has 1 atom stereocenters. The first-order valence-corrected chi connectivity index (χ1v) is 7.53. The van der Waals surface area contributed by atoms with Crippen LogP contribution in [0, 0.1) is 0 Å². The van der Waals surface area contributed by atoms with Crippen LogP contribution in [0.1, 0.15) is 24.5 Å². The van der Waals surface area contributed by atoms with Crippen LogP contribution in [0.15, 0.2) is 48.8 Å². The molecule has 20 heavy (non-hydrogen) atoms. The average molecular weight is 289 g/mol. The van der Waals surface area contributed by atoms with Crippen molar-refractivity contribution in [3.63, 3.8) is 0 Å². The maximum Gasteiger partial charge on any atom is 0.0438 e. The summed E-state index contributed by atoms with van der Waals surface area (Å²) in [7, 11) is 0. The Labute approximate surface area is 126 Å². The van der Waals surface area contributed by atoms with Gasteiger partial charge in [-0.15, -0.1) is 0 Å². The molecule has 0 aliphatic rings. The van der Waals surface area contributed by atoms with Crippen molar-refractivity contribution < 1.29 is 0 Å². The minimum atomic E-state index is 0.400. The van der Waals surface area contributed by atoms with E-state index in [-0.39, 0.29) is 0 Å². The van der Waals surface area contributed by atoms with E-state index in [1.807, 2.05) is 30.6 Å². The van der Waals surface area contributed by atoms with Crippen LogP contribution in [-0.2, 0) is 12.8 Å². The Morgan fingerprint density at radius 1 is 1.10 bits per heavy atom. The first kappa shape index (κ1) is 15.0. The fraction of sp³-hybridized carbons (Fsp3) is 0.353. The SMILES string of the molecule is CCCNC(Cc1ccncc1)Cc1ccccc1Cl. The molecule has 0 bridgehead atoms. The molecule has 2 rings (SSSR count). The van der Waals surface area contributed by atoms with Gasteiger partial charge >= 0.3 is 0 Å². The first-order valence-electron chi connectivity index (χ1n) is 7.15. The van der Waals surface area contributed by atoms with Crippen molar-refractivity contribution >= 4 is 11.6 Å². The molecule has 1 N–H and O–H groups in total. The number of nitrogens with zero attached hydrogens (tertiary/aromatic N) is 1. The van der Waals surface area contributed by atoms with Crippen molar-refractivity contribution in [2.24, 2.45) is 0 Å². The number of pyridine rings is 1. The second-order valence-corrected chi connectivity index (χ2v) is 5.41. The summed E-state index contributed by atoms with van der Waals surface area (Å²) < 4.78 is 0. The van der Waals surface area contributed by atoms with Gasteiger partial charge in [0, 0.05) is 23.5 Å². The van der Waals surface area contributed by atoms with Crippen LogP contribution in [0.2, 0.25) is 5.02 Å². The van der Waals surface area contributed by atoms with Gasteiger partial charge in [0.15, 0.2) is 0 Å². The molecule has 0 fully saturated rings. The molecule has 2 aromatic rings. The highest BCUT2D eigenvalue weighted by Gasteiger charge is 2.11. The van der Waals surface area contributed by atoms with Gasteiger partial charge in [-0.1, -0.05) is 36.7 Å². The van der Waals surface area contributed by atoms with Gasteiger partial charge in [-0.25, -0.2) is 0 Å². The number of benzene rings is 1. The molecule has 1 aromatic carbocycles. The van der Waals surface area contributed by atoms with Crippen molar-refractivity contribution in [2.75, 3.05) is 6.54 Å². The predicted molar refractivity (Wildman–Crippen MR) is 85.2 cm³/mol. The largest absolute Gasteiger partial charge is 0.313 e. The zero-order chi connectivity index (χ0) is 14.2. The molecule has 0 spiro atoms. The topological polar surface area (TPSA) is 24.9 Å². The third kappa shape index (κ3) is 4.62. The molecule has 0 aliphatic carbocycles. The van der Waals surface area contributed by atoms with E-state index in [1.54, 1.807) is 0 Å². The number of hydrogen-bond acceptors (Lipinski definition) is 2. The lowest BCUT2D eigenvalue weighted by Crippen LogP contribution is -2.33. The summed E-state index contributed by atoms with van der Waals surface area (Å²) in [6, 6.07) is 12.6. The van der Waals surface area contributed by atoms with Crippen LogP contribution in [0.25, 0.3) is 0 Å². The van der Waals surface area contributed by atoms with E-state index in [0.717, 1.165) is 30.8 Å². The van der Waals surface area contributed by atoms with Gasteiger partial charge < -0.3 is 5.32 Å². The molecule has 1 aromatic heterocycles. The third-order valence-electron chi connectivity index (χ3n) is 3.34. The minimum Gasteiger partial charge on any atom is -0.313 e. The van der Waals surface area contributed by atoms with Crippen molar-refractivity contribution in [2.45, 2.75) is 32.2 Å². The lowest BCUT2D eigenvalue weighted by atomic mass is 9.99. The third-order valence-corrected chi connectivity index (χ3v) is 3.71. The summed E-state index contributed by atoms with van der Waals surface area (Å²) >= 11 is 6.27. The number of hydrogen-bond donors (Lipinski definition) is 1. The number of aromatic nitrogens is 1. The van der Waals surface area contributed by atoms with Gasteiger partial charge in [0.1, 0.15) is 0 Å². The van der Waals surface area contributed by atoms with Crippen LogP contribution < -0.4 is 5.32 Å². The smallest absolute Gasteiger partial charge is 0.0438 e. The molecule has 2 nitrogen and oxygen atoms in total. The fourth-order valence-corrected chi connectivity index (χ4v) is 2.51. The van der Waals surface area contributed by atoms with Crippen molar-refractivity contribution in [1.82, 2.24) is 10.3 Å². The molecule has 0 amide bonds. The Balaban J connectivity index is 2.05. The van der Waals surface area contributed by atoms with Crippen LogP contribution in [0.5, 0.6) is 0 Å². The number of halogens is 1. The highest BCUT2D eigenvalue weighted by molar-refractivity contribution is 6.31. The summed E-state index contributed by atoms with van der Waals surface area (Å²) in [4.78, 5) is 4.07. The normalized spacial score (nSPS) is 12.3. The first-order chi connectivity index (χ1) is 9.79. The van der Waals surface area contributed by atoms with E-state index in [0.29, 0.717) is 6.04 Å². The van der Waals surface area contributed by atoms with Crippen LogP contribution in [-0.4, -0.2) is 17.6 Å². The molecule has 1 unspecified atom stereocenters. The highest BCUT2D eigenvalue weighted by Crippen LogP contribution is 2.18. The quantitative estimate of drug-likeness (QED) is 0.836. The molecular formula is C17H21ClN2. The minimum absolute atomic E-state index is 0.400. The van der Waals surface area contributed by atoms with Gasteiger partial charge in [-0.05, 0) is 55.1 Å². The molecule has 0 saturated carbocycles. The lowest BCUT2D eigenvalue weighted by Gasteiger charge is -2.19. The maximum atomic E-state index is 6.27. The van der Waals surface area contributed by atoms with E-state index < -0.39 is 0 Å². The molecule has 106 valence electrons. The maximum absolute atomic E-state index is 6.27. The standard InChI is InChI=1S/C17H21ClN2/c1-2-9-20-16(12-14-7-10-19-11-8-14)13-15-5-3-4-6-17(15)18/h3-8,10-11,16,20H,2,9,12-13H2,1H3. The molecule has 0 aliphatic heterocycles. The summed E-state index contributed by atoms with van der Waals surface area (Å²) in [6.45, 7) is 3.21. The molecule has 3 heteroatoms. The van der Waals surface area contributed by atoms with Gasteiger partial charge in [-0.2, -0.15) is 0 Å². The van der Waals surface area contributed by atoms with Crippen LogP contribution in [0.3, 0.4) is 0 Å². The predicted octanol–water partition coefficient (Wildman–Crippen LogP) is 3.89. The van der Waals surface area contributed by atoms with E-state index >= 15 is 0 Å². The van der Waals surface area contributed by atoms with Crippen LogP contribution in [0.4, 0.5) is 0 Å². The second-order valence-electron chi connectivity index (χ2n) is 5.01. The Bertz CT molecular complexity index is 513. The summed E-state index contributed by atoms with van der Waals surface area (Å²) in [6.07, 6.45) is 6.77. The van der Waals surface area contributed by atoms with E-state index in [2.05, 4.69) is 35.4 Å². The fourth-order valence-electron chi connectivity index (χ4n) is 2.30. The van der Waals surface area contributed by atoms with Crippen molar-refractivity contribution in [3.8, 4) is 0 Å². The average Bonchev–Trinajstić information content (AvgIpc) is 2.48. The Hall–Kier alpha value is -1.38. The van der Waals surface area contributed by atoms with Gasteiger partial charge in [0.2, 0.25) is 0 Å². The van der Waals surface area contributed by atoms with Crippen LogP contribution >= 0.6 is 11.6 Å². The Morgan fingerprint density at radius 2 is 1.85 bits per heavy atom. The summed E-state index contributed by atoms with van der Waals surface area (Å²) in [5.74, 6) is 0. The Morgan fingerprint density at radius 3 is 2.55 bits per heavy atom. The molecular weight excluding hydrogens is 268 g/mol. The van der Waals surface area contributed by atoms with Gasteiger partial charge in [0.05, 0.1) is 0 Å². The van der Waals surface area contributed by atoms with E-state index in [4.69, 9.17) is 11.6 Å². The van der Waals surface area contributed by atoms with Crippen molar-refractivity contribution in [3.05, 3.63) is 64.9 Å². The lowest BCUT2D eigenvalue weighted by molar-refractivity contribution is 0.504. The number of rotatable bonds is 7. The molecule has 0 radical (unpaired) electrons. The zero-order valence-electron chi connectivity index (χ0n) is 11.8. The number of nitrogens with one attached hydrogen (secondary N) is 1. The highest BCUT2D eigenvalue weighted by atomic mass is 35.5. The van der Waals surface area contributed by atoms with Gasteiger partial charge in [-0.3, -0.25) is 4.98 Å². The second kappa shape index (κ2) is 8.03. The molecule has 0 saturated heterocycles. The summed E-state index contributed by atoms with van der Waals surface area (Å²) in [5.41, 5.74) is 2.51. The Kier molecular flexibility index (Phi) is 6.03. The van der Waals surface area contributed by atoms with Crippen molar-refractivity contribution in [1.29, 1.82) is 0 Å².